The lowest BCUT2D eigenvalue weighted by Gasteiger charge is -2.27. The van der Waals surface area contributed by atoms with Gasteiger partial charge in [-0.1, -0.05) is 0 Å². The summed E-state index contributed by atoms with van der Waals surface area (Å²) in [5.41, 5.74) is 5.01. The van der Waals surface area contributed by atoms with Gasteiger partial charge in [-0.25, -0.2) is 0 Å². The molecule has 2 atom stereocenters. The summed E-state index contributed by atoms with van der Waals surface area (Å²) in [6.45, 7) is 0. The summed E-state index contributed by atoms with van der Waals surface area (Å²) >= 11 is 1.54. The summed E-state index contributed by atoms with van der Waals surface area (Å²) in [6.07, 6.45) is 0.781. The summed E-state index contributed by atoms with van der Waals surface area (Å²) < 4.78 is 0. The van der Waals surface area contributed by atoms with Gasteiger partial charge in [0, 0.05) is 0 Å². The molecule has 1 rings (SSSR count). The fraction of sp³-hybridized carbons (Fsp3) is 0.714. The molecule has 13 heavy (non-hydrogen) atoms. The van der Waals surface area contributed by atoms with Crippen LogP contribution < -0.4 is 11.1 Å². The number of carboxylic acids is 1. The number of rotatable bonds is 3. The second kappa shape index (κ2) is 4.48. The number of carboxylic acid groups (broad SMARTS) is 1. The Bertz CT molecular complexity index is 222. The fourth-order valence-electron chi connectivity index (χ4n) is 1.18. The summed E-state index contributed by atoms with van der Waals surface area (Å²) in [6, 6.07) is -0.536. The lowest BCUT2D eigenvalue weighted by molar-refractivity contribution is -0.139. The Morgan fingerprint density at radius 2 is 2.31 bits per heavy atom. The third-order valence-corrected chi connectivity index (χ3v) is 2.97. The molecule has 0 aromatic rings. The molecule has 4 N–H and O–H groups in total. The average Bonchev–Trinajstić information content (AvgIpc) is 2.03. The van der Waals surface area contributed by atoms with Gasteiger partial charge in [0.1, 0.15) is 6.04 Å². The number of carbonyl (C=O) groups is 2. The van der Waals surface area contributed by atoms with Crippen molar-refractivity contribution in [2.24, 2.45) is 5.73 Å². The minimum Gasteiger partial charge on any atom is -0.480 e. The molecule has 5 nitrogen and oxygen atoms in total. The van der Waals surface area contributed by atoms with E-state index in [0.29, 0.717) is 6.42 Å². The molecular weight excluding hydrogens is 192 g/mol. The summed E-state index contributed by atoms with van der Waals surface area (Å²) in [4.78, 5) is 21.2. The number of amides is 1. The number of aliphatic carboxylic acids is 1. The largest absolute Gasteiger partial charge is 0.480 e. The number of primary amides is 1. The van der Waals surface area contributed by atoms with Crippen LogP contribution in [-0.2, 0) is 9.59 Å². The SMILES string of the molecule is NC(=O)CC1NC(C(=O)O)CCS1. The van der Waals surface area contributed by atoms with Crippen molar-refractivity contribution >= 4 is 23.6 Å². The second-order valence-electron chi connectivity index (χ2n) is 2.88. The van der Waals surface area contributed by atoms with E-state index in [0.717, 1.165) is 5.75 Å². The summed E-state index contributed by atoms with van der Waals surface area (Å²) in [5.74, 6) is -0.521. The van der Waals surface area contributed by atoms with Crippen LogP contribution in [-0.4, -0.2) is 34.2 Å². The number of carbonyl (C=O) groups excluding carboxylic acids is 1. The summed E-state index contributed by atoms with van der Waals surface area (Å²) in [5, 5.41) is 11.4. The predicted octanol–water partition coefficient (Wildman–Crippen LogP) is -0.632. The lowest BCUT2D eigenvalue weighted by Crippen LogP contribution is -2.47. The molecule has 1 fully saturated rings. The maximum Gasteiger partial charge on any atom is 0.320 e. The van der Waals surface area contributed by atoms with Crippen LogP contribution in [0.15, 0.2) is 0 Å². The molecule has 0 aromatic carbocycles. The van der Waals surface area contributed by atoms with Crippen molar-refractivity contribution in [1.82, 2.24) is 5.32 Å². The van der Waals surface area contributed by atoms with Gasteiger partial charge in [0.2, 0.25) is 5.91 Å². The number of nitrogens with two attached hydrogens (primary N) is 1. The molecule has 1 amide bonds. The summed E-state index contributed by atoms with van der Waals surface area (Å²) in [7, 11) is 0. The molecule has 2 unspecified atom stereocenters. The van der Waals surface area contributed by atoms with Crippen LogP contribution >= 0.6 is 11.8 Å². The van der Waals surface area contributed by atoms with E-state index in [-0.39, 0.29) is 11.8 Å². The second-order valence-corrected chi connectivity index (χ2v) is 4.19. The van der Waals surface area contributed by atoms with Crippen LogP contribution in [0.25, 0.3) is 0 Å². The Kier molecular flexibility index (Phi) is 3.56. The predicted molar refractivity (Wildman–Crippen MR) is 49.2 cm³/mol. The molecule has 0 aliphatic carbocycles. The number of thioether (sulfide) groups is 1. The zero-order valence-corrected chi connectivity index (χ0v) is 7.84. The highest BCUT2D eigenvalue weighted by Crippen LogP contribution is 2.20. The Balaban J connectivity index is 2.41. The monoisotopic (exact) mass is 204 g/mol. The van der Waals surface area contributed by atoms with E-state index in [1.54, 1.807) is 0 Å². The van der Waals surface area contributed by atoms with Crippen molar-refractivity contribution in [3.63, 3.8) is 0 Å². The topological polar surface area (TPSA) is 92.4 Å². The van der Waals surface area contributed by atoms with Crippen molar-refractivity contribution < 1.29 is 14.7 Å². The van der Waals surface area contributed by atoms with Crippen LogP contribution in [0.5, 0.6) is 0 Å². The third-order valence-electron chi connectivity index (χ3n) is 1.80. The van der Waals surface area contributed by atoms with Crippen LogP contribution in [0.4, 0.5) is 0 Å². The molecule has 1 aliphatic heterocycles. The van der Waals surface area contributed by atoms with Gasteiger partial charge in [0.15, 0.2) is 0 Å². The van der Waals surface area contributed by atoms with Crippen LogP contribution in [0.3, 0.4) is 0 Å². The maximum atomic E-state index is 10.6. The van der Waals surface area contributed by atoms with Gasteiger partial charge in [0.05, 0.1) is 11.8 Å². The van der Waals surface area contributed by atoms with E-state index in [9.17, 15) is 9.59 Å². The van der Waals surface area contributed by atoms with Gasteiger partial charge in [-0.05, 0) is 12.2 Å². The van der Waals surface area contributed by atoms with Crippen LogP contribution in [0, 0.1) is 0 Å². The number of hydrogen-bond donors (Lipinski definition) is 3. The number of nitrogens with one attached hydrogen (secondary N) is 1. The quantitative estimate of drug-likeness (QED) is 0.569. The molecule has 0 bridgehead atoms. The van der Waals surface area contributed by atoms with Gasteiger partial charge in [-0.15, -0.1) is 11.8 Å². The Morgan fingerprint density at radius 1 is 1.62 bits per heavy atom. The first kappa shape index (κ1) is 10.3. The minimum absolute atomic E-state index is 0.146. The smallest absolute Gasteiger partial charge is 0.320 e. The van der Waals surface area contributed by atoms with Gasteiger partial charge in [-0.3, -0.25) is 14.9 Å². The Labute approximate surface area is 80.1 Å². The maximum absolute atomic E-state index is 10.6. The van der Waals surface area contributed by atoms with E-state index in [1.165, 1.54) is 11.8 Å². The van der Waals surface area contributed by atoms with Crippen molar-refractivity contribution in [2.75, 3.05) is 5.75 Å². The van der Waals surface area contributed by atoms with Crippen molar-refractivity contribution in [3.8, 4) is 0 Å². The molecule has 0 spiro atoms. The van der Waals surface area contributed by atoms with Gasteiger partial charge in [-0.2, -0.15) is 0 Å². The lowest BCUT2D eigenvalue weighted by atomic mass is 10.2. The van der Waals surface area contributed by atoms with Crippen molar-refractivity contribution in [2.45, 2.75) is 24.3 Å². The van der Waals surface area contributed by atoms with E-state index in [2.05, 4.69) is 5.32 Å². The zero-order chi connectivity index (χ0) is 9.84. The van der Waals surface area contributed by atoms with Gasteiger partial charge < -0.3 is 10.8 Å². The minimum atomic E-state index is -0.866. The first-order chi connectivity index (χ1) is 6.09. The first-order valence-electron chi connectivity index (χ1n) is 3.98. The first-order valence-corrected chi connectivity index (χ1v) is 5.03. The highest BCUT2D eigenvalue weighted by molar-refractivity contribution is 7.99. The van der Waals surface area contributed by atoms with Gasteiger partial charge in [0.25, 0.3) is 0 Å². The molecule has 0 saturated carbocycles. The Morgan fingerprint density at radius 3 is 2.85 bits per heavy atom. The fourth-order valence-corrected chi connectivity index (χ4v) is 2.38. The normalized spacial score (nSPS) is 28.3. The molecule has 1 saturated heterocycles. The standard InChI is InChI=1S/C7H12N2O3S/c8-5(10)3-6-9-4(7(11)12)1-2-13-6/h4,6,9H,1-3H2,(H2,8,10)(H,11,12). The third kappa shape index (κ3) is 3.23. The number of hydrogen-bond acceptors (Lipinski definition) is 4. The molecular formula is C7H12N2O3S. The van der Waals surface area contributed by atoms with Crippen LogP contribution in [0.1, 0.15) is 12.8 Å². The highest BCUT2D eigenvalue weighted by atomic mass is 32.2. The zero-order valence-electron chi connectivity index (χ0n) is 7.03. The van der Waals surface area contributed by atoms with E-state index < -0.39 is 17.9 Å². The van der Waals surface area contributed by atoms with Gasteiger partial charge >= 0.3 is 5.97 Å². The highest BCUT2D eigenvalue weighted by Gasteiger charge is 2.26. The molecule has 1 aliphatic rings. The molecule has 6 heteroatoms. The molecule has 0 aromatic heterocycles. The molecule has 1 heterocycles. The van der Waals surface area contributed by atoms with E-state index in [4.69, 9.17) is 10.8 Å². The van der Waals surface area contributed by atoms with E-state index in [1.807, 2.05) is 0 Å². The Hall–Kier alpha value is -0.750. The average molecular weight is 204 g/mol. The van der Waals surface area contributed by atoms with Crippen LogP contribution in [0.2, 0.25) is 0 Å². The molecule has 74 valence electrons. The van der Waals surface area contributed by atoms with E-state index >= 15 is 0 Å². The molecule has 0 radical (unpaired) electrons. The van der Waals surface area contributed by atoms with Crippen molar-refractivity contribution in [3.05, 3.63) is 0 Å². The van der Waals surface area contributed by atoms with Crippen molar-refractivity contribution in [1.29, 1.82) is 0 Å².